The topological polar surface area (TPSA) is 118 Å². The number of aromatic nitrogens is 2. The second-order valence-corrected chi connectivity index (χ2v) is 12.0. The molecule has 0 spiro atoms. The Morgan fingerprint density at radius 2 is 1.80 bits per heavy atom. The Balaban J connectivity index is 1.18. The van der Waals surface area contributed by atoms with Crippen LogP contribution in [-0.4, -0.2) is 85.6 Å². The maximum absolute atomic E-state index is 13.2. The summed E-state index contributed by atoms with van der Waals surface area (Å²) in [6.45, 7) is 3.06. The molecule has 1 unspecified atom stereocenters. The summed E-state index contributed by atoms with van der Waals surface area (Å²) in [5.74, 6) is 0.0797. The number of alkyl halides is 3. The molecule has 1 amide bonds. The lowest BCUT2D eigenvalue weighted by atomic mass is 10.2. The molecule has 16 heteroatoms. The van der Waals surface area contributed by atoms with Gasteiger partial charge >= 0.3 is 12.5 Å². The molecule has 2 saturated heterocycles. The van der Waals surface area contributed by atoms with Crippen molar-refractivity contribution in [3.63, 3.8) is 0 Å². The molecule has 0 saturated carbocycles. The van der Waals surface area contributed by atoms with Crippen molar-refractivity contribution in [1.82, 2.24) is 19.3 Å². The third kappa shape index (κ3) is 6.24. The molecule has 2 fully saturated rings. The van der Waals surface area contributed by atoms with Gasteiger partial charge in [-0.25, -0.2) is 13.2 Å². The van der Waals surface area contributed by atoms with E-state index in [0.717, 1.165) is 22.0 Å². The second-order valence-electron chi connectivity index (χ2n) is 9.14. The largest absolute Gasteiger partial charge is 0.573 e. The third-order valence-corrected chi connectivity index (χ3v) is 8.81. The minimum Gasteiger partial charge on any atom is -0.443 e. The van der Waals surface area contributed by atoms with Gasteiger partial charge in [0.1, 0.15) is 11.0 Å². The number of rotatable bonds is 7. The van der Waals surface area contributed by atoms with Crippen LogP contribution in [0.25, 0.3) is 11.4 Å². The minimum absolute atomic E-state index is 0.0469. The number of anilines is 1. The van der Waals surface area contributed by atoms with E-state index in [-0.39, 0.29) is 17.6 Å². The molecule has 0 bridgehead atoms. The second kappa shape index (κ2) is 11.0. The van der Waals surface area contributed by atoms with Crippen LogP contribution >= 0.6 is 15.9 Å². The van der Waals surface area contributed by atoms with E-state index in [1.54, 1.807) is 31.2 Å². The SMILES string of the molecule is Cc1nc(-c2ccc(N3CC(CN4CCN(S(=O)(=O)c5ccc(Br)cc5OC(F)(F)F)CC4)OC3=O)cc2)no1. The molecule has 3 aromatic rings. The van der Waals surface area contributed by atoms with E-state index in [2.05, 4.69) is 30.8 Å². The smallest absolute Gasteiger partial charge is 0.443 e. The summed E-state index contributed by atoms with van der Waals surface area (Å²) in [5.41, 5.74) is 1.37. The highest BCUT2D eigenvalue weighted by atomic mass is 79.9. The van der Waals surface area contributed by atoms with Crippen LogP contribution in [-0.2, 0) is 14.8 Å². The van der Waals surface area contributed by atoms with Gasteiger partial charge in [-0.05, 0) is 42.5 Å². The van der Waals surface area contributed by atoms with E-state index in [4.69, 9.17) is 9.26 Å². The highest BCUT2D eigenvalue weighted by Crippen LogP contribution is 2.34. The Hall–Kier alpha value is -3.21. The number of carbonyl (C=O) groups excluding carboxylic acids is 1. The summed E-state index contributed by atoms with van der Waals surface area (Å²) in [5, 5.41) is 3.87. The lowest BCUT2D eigenvalue weighted by Crippen LogP contribution is -2.50. The van der Waals surface area contributed by atoms with Gasteiger partial charge in [-0.2, -0.15) is 9.29 Å². The number of aryl methyl sites for hydroxylation is 1. The zero-order valence-electron chi connectivity index (χ0n) is 21.0. The Morgan fingerprint density at radius 1 is 1.10 bits per heavy atom. The highest BCUT2D eigenvalue weighted by Gasteiger charge is 2.38. The molecule has 2 aliphatic rings. The van der Waals surface area contributed by atoms with E-state index in [0.29, 0.717) is 43.6 Å². The normalized spacial score (nSPS) is 19.2. The number of carbonyl (C=O) groups is 1. The first-order valence-electron chi connectivity index (χ1n) is 12.1. The first-order valence-corrected chi connectivity index (χ1v) is 14.3. The number of nitrogens with zero attached hydrogens (tertiary/aromatic N) is 5. The number of cyclic esters (lactones) is 1. The predicted molar refractivity (Wildman–Crippen MR) is 138 cm³/mol. The number of amides is 1. The number of piperazine rings is 1. The molecule has 0 radical (unpaired) electrons. The highest BCUT2D eigenvalue weighted by molar-refractivity contribution is 9.10. The number of halogens is 4. The Labute approximate surface area is 235 Å². The van der Waals surface area contributed by atoms with E-state index < -0.39 is 39.2 Å². The number of hydrogen-bond acceptors (Lipinski definition) is 9. The van der Waals surface area contributed by atoms with Gasteiger partial charge in [0.2, 0.25) is 21.7 Å². The molecule has 214 valence electrons. The van der Waals surface area contributed by atoms with Gasteiger partial charge in [0.15, 0.2) is 5.75 Å². The summed E-state index contributed by atoms with van der Waals surface area (Å²) in [7, 11) is -4.26. The van der Waals surface area contributed by atoms with Gasteiger partial charge in [0.25, 0.3) is 0 Å². The molecule has 1 aromatic heterocycles. The lowest BCUT2D eigenvalue weighted by molar-refractivity contribution is -0.275. The maximum Gasteiger partial charge on any atom is 0.573 e. The summed E-state index contributed by atoms with van der Waals surface area (Å²) >= 11 is 3.04. The van der Waals surface area contributed by atoms with E-state index in [1.165, 1.54) is 11.0 Å². The van der Waals surface area contributed by atoms with Crippen LogP contribution in [0.2, 0.25) is 0 Å². The van der Waals surface area contributed by atoms with Crippen molar-refractivity contribution in [3.8, 4) is 17.1 Å². The fraction of sp³-hybridized carbons (Fsp3) is 0.375. The summed E-state index contributed by atoms with van der Waals surface area (Å²) < 4.78 is 80.8. The standard InChI is InChI=1S/C24H23BrF3N5O6S/c1-15-29-22(30-39-15)16-2-5-18(6-3-16)33-14-19(37-23(33)34)13-31-8-10-32(11-9-31)40(35,36)21-7-4-17(25)12-20(21)38-24(26,27)28/h2-7,12,19H,8-11,13-14H2,1H3. The van der Waals surface area contributed by atoms with Crippen LogP contribution in [0, 0.1) is 6.92 Å². The first-order chi connectivity index (χ1) is 18.9. The van der Waals surface area contributed by atoms with Crippen molar-refractivity contribution in [2.75, 3.05) is 44.2 Å². The van der Waals surface area contributed by atoms with Gasteiger partial charge < -0.3 is 14.0 Å². The summed E-state index contributed by atoms with van der Waals surface area (Å²) in [6, 6.07) is 10.4. The predicted octanol–water partition coefficient (Wildman–Crippen LogP) is 4.04. The molecular formula is C24H23BrF3N5O6S. The van der Waals surface area contributed by atoms with Gasteiger partial charge in [0.05, 0.1) is 6.54 Å². The number of benzene rings is 2. The van der Waals surface area contributed by atoms with Crippen LogP contribution in [0.15, 0.2) is 56.4 Å². The lowest BCUT2D eigenvalue weighted by Gasteiger charge is -2.34. The van der Waals surface area contributed by atoms with Crippen molar-refractivity contribution in [2.45, 2.75) is 24.3 Å². The molecule has 11 nitrogen and oxygen atoms in total. The zero-order valence-corrected chi connectivity index (χ0v) is 23.4. The molecule has 3 heterocycles. The van der Waals surface area contributed by atoms with Gasteiger partial charge in [-0.3, -0.25) is 9.80 Å². The molecule has 2 aliphatic heterocycles. The minimum atomic E-state index is -5.05. The van der Waals surface area contributed by atoms with Crippen LogP contribution < -0.4 is 9.64 Å². The third-order valence-electron chi connectivity index (χ3n) is 6.38. The van der Waals surface area contributed by atoms with Crippen LogP contribution in [0.1, 0.15) is 5.89 Å². The van der Waals surface area contributed by atoms with Crippen molar-refractivity contribution in [1.29, 1.82) is 0 Å². The first kappa shape index (κ1) is 28.3. The number of hydrogen-bond donors (Lipinski definition) is 0. The van der Waals surface area contributed by atoms with Crippen molar-refractivity contribution in [3.05, 3.63) is 52.8 Å². The fourth-order valence-corrected chi connectivity index (χ4v) is 6.37. The van der Waals surface area contributed by atoms with Crippen molar-refractivity contribution in [2.24, 2.45) is 0 Å². The van der Waals surface area contributed by atoms with Gasteiger partial charge in [-0.15, -0.1) is 13.2 Å². The van der Waals surface area contributed by atoms with Crippen LogP contribution in [0.3, 0.4) is 0 Å². The van der Waals surface area contributed by atoms with Gasteiger partial charge in [0, 0.05) is 55.4 Å². The average Bonchev–Trinajstić information content (AvgIpc) is 3.48. The molecule has 0 aliphatic carbocycles. The molecule has 40 heavy (non-hydrogen) atoms. The van der Waals surface area contributed by atoms with Gasteiger partial charge in [-0.1, -0.05) is 21.1 Å². The average molecular weight is 646 g/mol. The van der Waals surface area contributed by atoms with Crippen molar-refractivity contribution >= 4 is 37.7 Å². The van der Waals surface area contributed by atoms with Crippen LogP contribution in [0.4, 0.5) is 23.7 Å². The van der Waals surface area contributed by atoms with E-state index in [1.807, 2.05) is 4.90 Å². The quantitative estimate of drug-likeness (QED) is 0.375. The molecule has 0 N–H and O–H groups in total. The van der Waals surface area contributed by atoms with E-state index in [9.17, 15) is 26.4 Å². The van der Waals surface area contributed by atoms with Crippen LogP contribution in [0.5, 0.6) is 5.75 Å². The maximum atomic E-state index is 13.2. The Bertz CT molecular complexity index is 1490. The number of sulfonamides is 1. The van der Waals surface area contributed by atoms with Crippen molar-refractivity contribution < 1.29 is 40.4 Å². The summed E-state index contributed by atoms with van der Waals surface area (Å²) in [6.07, 6.45) is -6.00. The molecule has 5 rings (SSSR count). The molecular weight excluding hydrogens is 623 g/mol. The summed E-state index contributed by atoms with van der Waals surface area (Å²) in [4.78, 5) is 19.6. The Kier molecular flexibility index (Phi) is 7.78. The van der Waals surface area contributed by atoms with E-state index >= 15 is 0 Å². The Morgan fingerprint density at radius 3 is 2.42 bits per heavy atom. The fourth-order valence-electron chi connectivity index (χ4n) is 4.51. The number of ether oxygens (including phenoxy) is 2. The monoisotopic (exact) mass is 645 g/mol. The molecule has 2 aromatic carbocycles. The zero-order chi connectivity index (χ0) is 28.7. The molecule has 1 atom stereocenters.